The zero-order chi connectivity index (χ0) is 20.0. The summed E-state index contributed by atoms with van der Waals surface area (Å²) >= 11 is 0. The van der Waals surface area contributed by atoms with E-state index < -0.39 is 0 Å². The first-order valence-corrected chi connectivity index (χ1v) is 9.89. The summed E-state index contributed by atoms with van der Waals surface area (Å²) in [5.74, 6) is 1.78. The maximum Gasteiger partial charge on any atom is 0.193 e. The fraction of sp³-hybridized carbons (Fsp3) is 0.435. The van der Waals surface area contributed by atoms with Crippen LogP contribution in [-0.4, -0.2) is 51.8 Å². The van der Waals surface area contributed by atoms with Gasteiger partial charge >= 0.3 is 0 Å². The van der Waals surface area contributed by atoms with Crippen molar-refractivity contribution in [2.24, 2.45) is 4.99 Å². The lowest BCUT2D eigenvalue weighted by molar-refractivity contribution is 0.133. The Hall–Kier alpha value is -1.80. The zero-order valence-electron chi connectivity index (χ0n) is 17.8. The molecule has 2 aromatic rings. The maximum atomic E-state index is 5.74. The number of hydrogen-bond acceptors (Lipinski definition) is 3. The third kappa shape index (κ3) is 9.99. The van der Waals surface area contributed by atoms with E-state index in [1.54, 1.807) is 7.11 Å². The minimum absolute atomic E-state index is 0. The first kappa shape index (κ1) is 25.2. The third-order valence-electron chi connectivity index (χ3n) is 4.53. The molecule has 0 saturated carbocycles. The van der Waals surface area contributed by atoms with Crippen molar-refractivity contribution in [2.45, 2.75) is 25.8 Å². The number of nitrogens with one attached hydrogen (secondary N) is 1. The summed E-state index contributed by atoms with van der Waals surface area (Å²) in [6.45, 7) is 3.27. The Bertz CT molecular complexity index is 693. The van der Waals surface area contributed by atoms with E-state index >= 15 is 0 Å². The van der Waals surface area contributed by atoms with Crippen LogP contribution in [0.1, 0.15) is 24.0 Å². The van der Waals surface area contributed by atoms with Gasteiger partial charge in [0.15, 0.2) is 5.96 Å². The van der Waals surface area contributed by atoms with Gasteiger partial charge in [0.2, 0.25) is 0 Å². The van der Waals surface area contributed by atoms with Gasteiger partial charge in [0, 0.05) is 33.8 Å². The average Bonchev–Trinajstić information content (AvgIpc) is 2.74. The van der Waals surface area contributed by atoms with Crippen LogP contribution in [-0.2, 0) is 17.7 Å². The minimum Gasteiger partial charge on any atom is -0.497 e. The number of nitrogens with zero attached hydrogens (tertiary/aromatic N) is 2. The smallest absolute Gasteiger partial charge is 0.193 e. The Morgan fingerprint density at radius 3 is 2.34 bits per heavy atom. The van der Waals surface area contributed by atoms with Crippen molar-refractivity contribution in [3.05, 3.63) is 65.7 Å². The van der Waals surface area contributed by atoms with E-state index in [2.05, 4.69) is 51.6 Å². The van der Waals surface area contributed by atoms with Gasteiger partial charge in [0.05, 0.1) is 13.7 Å². The molecule has 2 aromatic carbocycles. The summed E-state index contributed by atoms with van der Waals surface area (Å²) in [5.41, 5.74) is 2.55. The fourth-order valence-corrected chi connectivity index (χ4v) is 2.93. The van der Waals surface area contributed by atoms with Crippen molar-refractivity contribution in [3.63, 3.8) is 0 Å². The molecular weight excluding hydrogens is 477 g/mol. The summed E-state index contributed by atoms with van der Waals surface area (Å²) in [5, 5.41) is 3.42. The lowest BCUT2D eigenvalue weighted by Gasteiger charge is -2.22. The van der Waals surface area contributed by atoms with Gasteiger partial charge in [0.25, 0.3) is 0 Å². The van der Waals surface area contributed by atoms with Crippen molar-refractivity contribution in [3.8, 4) is 5.75 Å². The summed E-state index contributed by atoms with van der Waals surface area (Å²) < 4.78 is 10.9. The Balaban J connectivity index is 0.00000420. The van der Waals surface area contributed by atoms with E-state index in [9.17, 15) is 0 Å². The predicted octanol–water partition coefficient (Wildman–Crippen LogP) is 4.36. The first-order valence-electron chi connectivity index (χ1n) is 9.89. The SMILES string of the molecule is CN=C(NCCCCOCCc1ccccc1)N(C)Cc1ccc(OC)cc1.I. The summed E-state index contributed by atoms with van der Waals surface area (Å²) in [4.78, 5) is 6.50. The molecule has 0 aliphatic heterocycles. The normalized spacial score (nSPS) is 10.9. The Morgan fingerprint density at radius 2 is 1.69 bits per heavy atom. The molecule has 6 heteroatoms. The number of guanidine groups is 1. The number of benzene rings is 2. The molecule has 0 heterocycles. The highest BCUT2D eigenvalue weighted by Gasteiger charge is 2.06. The van der Waals surface area contributed by atoms with Crippen molar-refractivity contribution in [1.29, 1.82) is 0 Å². The predicted molar refractivity (Wildman–Crippen MR) is 131 cm³/mol. The van der Waals surface area contributed by atoms with Crippen molar-refractivity contribution in [2.75, 3.05) is 41.0 Å². The summed E-state index contributed by atoms with van der Waals surface area (Å²) in [6, 6.07) is 18.6. The molecule has 0 fully saturated rings. The van der Waals surface area contributed by atoms with Crippen LogP contribution in [0.25, 0.3) is 0 Å². The van der Waals surface area contributed by atoms with Gasteiger partial charge in [0.1, 0.15) is 5.75 Å². The molecule has 0 saturated heterocycles. The van der Waals surface area contributed by atoms with Gasteiger partial charge in [-0.25, -0.2) is 0 Å². The van der Waals surface area contributed by atoms with E-state index in [4.69, 9.17) is 9.47 Å². The fourth-order valence-electron chi connectivity index (χ4n) is 2.93. The lowest BCUT2D eigenvalue weighted by atomic mass is 10.2. The van der Waals surface area contributed by atoms with Crippen LogP contribution in [0.15, 0.2) is 59.6 Å². The molecule has 5 nitrogen and oxygen atoms in total. The maximum absolute atomic E-state index is 5.74. The number of aliphatic imine (C=N–C) groups is 1. The molecule has 0 amide bonds. The molecule has 29 heavy (non-hydrogen) atoms. The average molecular weight is 511 g/mol. The Labute approximate surface area is 192 Å². The standard InChI is InChI=1S/C23H33N3O2.HI/c1-24-23(26(2)19-21-11-13-22(27-3)14-12-21)25-16-7-8-17-28-18-15-20-9-5-4-6-10-20;/h4-6,9-14H,7-8,15-19H2,1-3H3,(H,24,25);1H. The third-order valence-corrected chi connectivity index (χ3v) is 4.53. The molecule has 0 aliphatic carbocycles. The first-order chi connectivity index (χ1) is 13.7. The highest BCUT2D eigenvalue weighted by Crippen LogP contribution is 2.12. The molecule has 2 rings (SSSR count). The lowest BCUT2D eigenvalue weighted by Crippen LogP contribution is -2.38. The zero-order valence-corrected chi connectivity index (χ0v) is 20.1. The number of hydrogen-bond donors (Lipinski definition) is 1. The Kier molecular flexibility index (Phi) is 13.1. The van der Waals surface area contributed by atoms with Crippen LogP contribution >= 0.6 is 24.0 Å². The van der Waals surface area contributed by atoms with Gasteiger partial charge in [-0.15, -0.1) is 24.0 Å². The molecular formula is C23H34IN3O2. The molecule has 0 radical (unpaired) electrons. The molecule has 1 N–H and O–H groups in total. The Morgan fingerprint density at radius 1 is 0.966 bits per heavy atom. The molecule has 0 spiro atoms. The molecule has 0 atom stereocenters. The number of ether oxygens (including phenoxy) is 2. The van der Waals surface area contributed by atoms with Crippen LogP contribution in [0, 0.1) is 0 Å². The number of rotatable bonds is 11. The van der Waals surface area contributed by atoms with Crippen LogP contribution in [0.4, 0.5) is 0 Å². The highest BCUT2D eigenvalue weighted by atomic mass is 127. The monoisotopic (exact) mass is 511 g/mol. The van der Waals surface area contributed by atoms with Crippen molar-refractivity contribution >= 4 is 29.9 Å². The molecule has 0 unspecified atom stereocenters. The number of halogens is 1. The van der Waals surface area contributed by atoms with Crippen LogP contribution in [0.2, 0.25) is 0 Å². The molecule has 0 bridgehead atoms. The van der Waals surface area contributed by atoms with Crippen LogP contribution in [0.3, 0.4) is 0 Å². The highest BCUT2D eigenvalue weighted by molar-refractivity contribution is 14.0. The van der Waals surface area contributed by atoms with E-state index in [0.717, 1.165) is 57.3 Å². The van der Waals surface area contributed by atoms with E-state index in [1.165, 1.54) is 11.1 Å². The van der Waals surface area contributed by atoms with E-state index in [0.29, 0.717) is 0 Å². The van der Waals surface area contributed by atoms with Gasteiger partial charge in [-0.05, 0) is 42.5 Å². The van der Waals surface area contributed by atoms with Gasteiger partial charge in [-0.3, -0.25) is 4.99 Å². The molecule has 160 valence electrons. The number of methoxy groups -OCH3 is 1. The number of unbranched alkanes of at least 4 members (excludes halogenated alkanes) is 1. The van der Waals surface area contributed by atoms with E-state index in [1.807, 2.05) is 32.3 Å². The second-order valence-corrected chi connectivity index (χ2v) is 6.73. The van der Waals surface area contributed by atoms with E-state index in [-0.39, 0.29) is 24.0 Å². The second-order valence-electron chi connectivity index (χ2n) is 6.73. The molecule has 0 aromatic heterocycles. The van der Waals surface area contributed by atoms with Crippen molar-refractivity contribution in [1.82, 2.24) is 10.2 Å². The molecule has 0 aliphatic rings. The van der Waals surface area contributed by atoms with Gasteiger partial charge in [-0.1, -0.05) is 42.5 Å². The van der Waals surface area contributed by atoms with Gasteiger partial charge < -0.3 is 19.7 Å². The summed E-state index contributed by atoms with van der Waals surface area (Å²) in [7, 11) is 5.55. The topological polar surface area (TPSA) is 46.1 Å². The second kappa shape index (κ2) is 15.1. The van der Waals surface area contributed by atoms with Crippen molar-refractivity contribution < 1.29 is 9.47 Å². The van der Waals surface area contributed by atoms with Crippen LogP contribution in [0.5, 0.6) is 5.75 Å². The minimum atomic E-state index is 0. The summed E-state index contributed by atoms with van der Waals surface area (Å²) in [6.07, 6.45) is 3.07. The van der Waals surface area contributed by atoms with Gasteiger partial charge in [-0.2, -0.15) is 0 Å². The quantitative estimate of drug-likeness (QED) is 0.211. The largest absolute Gasteiger partial charge is 0.497 e. The van der Waals surface area contributed by atoms with Crippen LogP contribution < -0.4 is 10.1 Å².